The van der Waals surface area contributed by atoms with Crippen molar-refractivity contribution in [2.45, 2.75) is 70.9 Å². The predicted octanol–water partition coefficient (Wildman–Crippen LogP) is 2.77. The van der Waals surface area contributed by atoms with Crippen LogP contribution in [0.25, 0.3) is 0 Å². The third kappa shape index (κ3) is 4.54. The first-order valence-electron chi connectivity index (χ1n) is 10.6. The van der Waals surface area contributed by atoms with Gasteiger partial charge < -0.3 is 14.9 Å². The molecule has 0 atom stereocenters. The largest absolute Gasteiger partial charge is 0.389 e. The van der Waals surface area contributed by atoms with Gasteiger partial charge >= 0.3 is 0 Å². The number of hydrogen-bond acceptors (Lipinski definition) is 4. The molecule has 27 heavy (non-hydrogen) atoms. The summed E-state index contributed by atoms with van der Waals surface area (Å²) in [6.45, 7) is 8.37. The van der Waals surface area contributed by atoms with Crippen LogP contribution in [0.1, 0.15) is 69.3 Å². The average Bonchev–Trinajstić information content (AvgIpc) is 3.14. The Balaban J connectivity index is 1.53. The number of rotatable bonds is 6. The number of hydrogen-bond donors (Lipinski definition) is 1. The number of likely N-dealkylation sites (tertiary alicyclic amines) is 1. The van der Waals surface area contributed by atoms with Crippen molar-refractivity contribution in [3.05, 3.63) is 18.0 Å². The Morgan fingerprint density at radius 2 is 1.85 bits per heavy atom. The number of carbonyl (C=O) groups excluding carboxylic acids is 1. The van der Waals surface area contributed by atoms with Gasteiger partial charge in [0, 0.05) is 32.4 Å². The van der Waals surface area contributed by atoms with Gasteiger partial charge in [0.2, 0.25) is 0 Å². The molecule has 1 aromatic rings. The third-order valence-corrected chi connectivity index (χ3v) is 6.76. The van der Waals surface area contributed by atoms with Crippen molar-refractivity contribution in [1.29, 1.82) is 0 Å². The maximum atomic E-state index is 12.8. The van der Waals surface area contributed by atoms with Crippen LogP contribution in [-0.4, -0.2) is 69.4 Å². The van der Waals surface area contributed by atoms with Crippen LogP contribution >= 0.6 is 0 Å². The van der Waals surface area contributed by atoms with Gasteiger partial charge in [0.15, 0.2) is 0 Å². The number of aromatic nitrogens is 2. The van der Waals surface area contributed by atoms with Crippen molar-refractivity contribution >= 4 is 5.91 Å². The fourth-order valence-corrected chi connectivity index (χ4v) is 4.98. The van der Waals surface area contributed by atoms with E-state index in [0.717, 1.165) is 77.7 Å². The number of carbonyl (C=O) groups is 1. The molecule has 0 aromatic carbocycles. The highest BCUT2D eigenvalue weighted by atomic mass is 16.3. The Kier molecular flexibility index (Phi) is 6.26. The summed E-state index contributed by atoms with van der Waals surface area (Å²) in [6.07, 6.45) is 8.88. The highest BCUT2D eigenvalue weighted by Gasteiger charge is 2.44. The smallest absolute Gasteiger partial charge is 0.272 e. The first-order valence-corrected chi connectivity index (χ1v) is 10.6. The summed E-state index contributed by atoms with van der Waals surface area (Å²) in [5.74, 6) is 0.109. The molecule has 0 unspecified atom stereocenters. The highest BCUT2D eigenvalue weighted by molar-refractivity contribution is 5.92. The van der Waals surface area contributed by atoms with Crippen LogP contribution in [0.15, 0.2) is 12.3 Å². The maximum Gasteiger partial charge on any atom is 0.272 e. The minimum Gasteiger partial charge on any atom is -0.389 e. The second-order valence-electron chi connectivity index (χ2n) is 8.79. The third-order valence-electron chi connectivity index (χ3n) is 6.76. The molecular weight excluding hydrogens is 340 g/mol. The summed E-state index contributed by atoms with van der Waals surface area (Å²) in [5, 5.41) is 15.2. The van der Waals surface area contributed by atoms with E-state index in [1.807, 2.05) is 17.9 Å². The summed E-state index contributed by atoms with van der Waals surface area (Å²) in [4.78, 5) is 17.1. The van der Waals surface area contributed by atoms with Gasteiger partial charge in [-0.3, -0.25) is 9.48 Å². The molecule has 1 saturated heterocycles. The molecule has 1 N–H and O–H groups in total. The molecule has 6 nitrogen and oxygen atoms in total. The first kappa shape index (κ1) is 20.3. The standard InChI is InChI=1S/C21H36N4O2/c1-4-14-23(3)17-21(27)9-7-20(8-10-21)11-15-24(16-12-20)19(26)18-6-13-22-25(18)5-2/h6,13,27H,4-5,7-12,14-17H2,1-3H3. The number of amides is 1. The van der Waals surface area contributed by atoms with Crippen molar-refractivity contribution in [2.24, 2.45) is 5.41 Å². The van der Waals surface area contributed by atoms with Crippen LogP contribution in [0.4, 0.5) is 0 Å². The van der Waals surface area contributed by atoms with E-state index in [1.54, 1.807) is 10.9 Å². The zero-order valence-corrected chi connectivity index (χ0v) is 17.3. The molecule has 3 rings (SSSR count). The van der Waals surface area contributed by atoms with Crippen molar-refractivity contribution in [3.63, 3.8) is 0 Å². The second kappa shape index (κ2) is 8.31. The van der Waals surface area contributed by atoms with Crippen LogP contribution in [0.5, 0.6) is 0 Å². The highest BCUT2D eigenvalue weighted by Crippen LogP contribution is 2.47. The Hall–Kier alpha value is -1.40. The van der Waals surface area contributed by atoms with Crippen LogP contribution in [0.2, 0.25) is 0 Å². The molecule has 2 heterocycles. The van der Waals surface area contributed by atoms with Crippen LogP contribution in [-0.2, 0) is 6.54 Å². The Bertz CT molecular complexity index is 624. The lowest BCUT2D eigenvalue weighted by molar-refractivity contribution is -0.0644. The van der Waals surface area contributed by atoms with Gasteiger partial charge in [-0.25, -0.2) is 0 Å². The zero-order valence-electron chi connectivity index (χ0n) is 17.3. The lowest BCUT2D eigenvalue weighted by Crippen LogP contribution is -2.50. The number of aryl methyl sites for hydroxylation is 1. The zero-order chi connectivity index (χ0) is 19.5. The van der Waals surface area contributed by atoms with E-state index in [-0.39, 0.29) is 5.91 Å². The van der Waals surface area contributed by atoms with E-state index >= 15 is 0 Å². The minimum atomic E-state index is -0.532. The first-order chi connectivity index (χ1) is 12.9. The van der Waals surface area contributed by atoms with Gasteiger partial charge in [0.05, 0.1) is 5.60 Å². The molecule has 6 heteroatoms. The molecular formula is C21H36N4O2. The molecule has 1 aliphatic carbocycles. The molecule has 1 aromatic heterocycles. The van der Waals surface area contributed by atoms with Gasteiger partial charge in [0.25, 0.3) is 5.91 Å². The number of nitrogens with zero attached hydrogens (tertiary/aromatic N) is 4. The second-order valence-corrected chi connectivity index (χ2v) is 8.79. The summed E-state index contributed by atoms with van der Waals surface area (Å²) in [5.41, 5.74) is 0.484. The van der Waals surface area contributed by atoms with Crippen molar-refractivity contribution in [2.75, 3.05) is 33.2 Å². The van der Waals surface area contributed by atoms with Crippen molar-refractivity contribution in [3.8, 4) is 0 Å². The maximum absolute atomic E-state index is 12.8. The SMILES string of the molecule is CCCN(C)CC1(O)CCC2(CCN(C(=O)c3ccnn3CC)CC2)CC1. The molecule has 1 aliphatic heterocycles. The molecule has 152 valence electrons. The lowest BCUT2D eigenvalue weighted by Gasteiger charge is -2.49. The average molecular weight is 377 g/mol. The Labute approximate surface area is 163 Å². The Morgan fingerprint density at radius 3 is 2.44 bits per heavy atom. The van der Waals surface area contributed by atoms with Crippen LogP contribution in [0.3, 0.4) is 0 Å². The van der Waals surface area contributed by atoms with Gasteiger partial charge in [-0.1, -0.05) is 6.92 Å². The molecule has 0 bridgehead atoms. The summed E-state index contributed by atoms with van der Waals surface area (Å²) < 4.78 is 1.78. The van der Waals surface area contributed by atoms with Crippen LogP contribution < -0.4 is 0 Å². The van der Waals surface area contributed by atoms with Gasteiger partial charge in [-0.15, -0.1) is 0 Å². The molecule has 2 aliphatic rings. The summed E-state index contributed by atoms with van der Waals surface area (Å²) in [6, 6.07) is 1.82. The molecule has 2 fully saturated rings. The molecule has 1 saturated carbocycles. The van der Waals surface area contributed by atoms with Gasteiger partial charge in [-0.2, -0.15) is 5.10 Å². The van der Waals surface area contributed by atoms with E-state index in [2.05, 4.69) is 24.0 Å². The monoisotopic (exact) mass is 376 g/mol. The van der Waals surface area contributed by atoms with E-state index < -0.39 is 5.60 Å². The number of likely N-dealkylation sites (N-methyl/N-ethyl adjacent to an activating group) is 1. The topological polar surface area (TPSA) is 61.6 Å². The fraction of sp³-hybridized carbons (Fsp3) is 0.810. The van der Waals surface area contributed by atoms with E-state index in [0.29, 0.717) is 11.1 Å². The van der Waals surface area contributed by atoms with Gasteiger partial charge in [0.1, 0.15) is 5.69 Å². The number of piperidine rings is 1. The summed E-state index contributed by atoms with van der Waals surface area (Å²) in [7, 11) is 2.11. The molecule has 1 spiro atoms. The Morgan fingerprint density at radius 1 is 1.19 bits per heavy atom. The van der Waals surface area contributed by atoms with E-state index in [4.69, 9.17) is 0 Å². The predicted molar refractivity (Wildman–Crippen MR) is 107 cm³/mol. The van der Waals surface area contributed by atoms with Crippen molar-refractivity contribution < 1.29 is 9.90 Å². The summed E-state index contributed by atoms with van der Waals surface area (Å²) >= 11 is 0. The van der Waals surface area contributed by atoms with Crippen molar-refractivity contribution in [1.82, 2.24) is 19.6 Å². The number of aliphatic hydroxyl groups is 1. The molecule has 1 amide bonds. The van der Waals surface area contributed by atoms with Crippen LogP contribution in [0, 0.1) is 5.41 Å². The quantitative estimate of drug-likeness (QED) is 0.829. The molecule has 0 radical (unpaired) electrons. The van der Waals surface area contributed by atoms with Gasteiger partial charge in [-0.05, 0) is 76.9 Å². The normalized spacial score (nSPS) is 21.7. The lowest BCUT2D eigenvalue weighted by atomic mass is 9.64. The van der Waals surface area contributed by atoms with E-state index in [1.165, 1.54) is 0 Å². The minimum absolute atomic E-state index is 0.109. The fourth-order valence-electron chi connectivity index (χ4n) is 4.98. The van der Waals surface area contributed by atoms with E-state index in [9.17, 15) is 9.90 Å².